The van der Waals surface area contributed by atoms with Crippen molar-refractivity contribution in [2.24, 2.45) is 0 Å². The Labute approximate surface area is 125 Å². The summed E-state index contributed by atoms with van der Waals surface area (Å²) in [6.07, 6.45) is -0.417. The molecule has 0 spiro atoms. The lowest BCUT2D eigenvalue weighted by atomic mass is 10.2. The molecule has 4 nitrogen and oxygen atoms in total. The van der Waals surface area contributed by atoms with Crippen LogP contribution in [0.15, 0.2) is 18.2 Å². The molecule has 112 valence electrons. The fraction of sp³-hybridized carbons (Fsp3) is 0.600. The summed E-state index contributed by atoms with van der Waals surface area (Å²) < 4.78 is 5.64. The van der Waals surface area contributed by atoms with Gasteiger partial charge in [-0.2, -0.15) is 0 Å². The summed E-state index contributed by atoms with van der Waals surface area (Å²) in [5.74, 6) is 0.767. The van der Waals surface area contributed by atoms with E-state index in [9.17, 15) is 5.11 Å². The van der Waals surface area contributed by atoms with Crippen molar-refractivity contribution in [2.75, 3.05) is 46.4 Å². The predicted molar refractivity (Wildman–Crippen MR) is 79.9 cm³/mol. The first kappa shape index (κ1) is 15.6. The first-order valence-electron chi connectivity index (χ1n) is 7.26. The molecule has 0 aliphatic carbocycles. The third-order valence-corrected chi connectivity index (χ3v) is 4.33. The number of ether oxygens (including phenoxy) is 1. The molecule has 0 unspecified atom stereocenters. The SMILES string of the molecule is Cc1cc(OC[C@@H](O)C[NH+]2CC[NH+](C)CC2)ccc1Cl. The van der Waals surface area contributed by atoms with Crippen molar-refractivity contribution < 1.29 is 19.6 Å². The maximum atomic E-state index is 10.1. The van der Waals surface area contributed by atoms with Gasteiger partial charge in [0.05, 0.1) is 7.05 Å². The fourth-order valence-electron chi connectivity index (χ4n) is 2.53. The van der Waals surface area contributed by atoms with Gasteiger partial charge in [-0.3, -0.25) is 0 Å². The van der Waals surface area contributed by atoms with Gasteiger partial charge in [0.1, 0.15) is 51.2 Å². The van der Waals surface area contributed by atoms with Crippen LogP contribution in [0.25, 0.3) is 0 Å². The number of halogens is 1. The summed E-state index contributed by atoms with van der Waals surface area (Å²) in [6, 6.07) is 5.57. The van der Waals surface area contributed by atoms with Gasteiger partial charge in [0.15, 0.2) is 0 Å². The van der Waals surface area contributed by atoms with E-state index in [0.29, 0.717) is 6.61 Å². The molecule has 20 heavy (non-hydrogen) atoms. The topological polar surface area (TPSA) is 38.3 Å². The molecule has 1 saturated heterocycles. The van der Waals surface area contributed by atoms with Crippen LogP contribution < -0.4 is 14.5 Å². The highest BCUT2D eigenvalue weighted by Gasteiger charge is 2.22. The highest BCUT2D eigenvalue weighted by Crippen LogP contribution is 2.20. The minimum Gasteiger partial charge on any atom is -0.491 e. The highest BCUT2D eigenvalue weighted by molar-refractivity contribution is 6.31. The summed E-state index contributed by atoms with van der Waals surface area (Å²) in [4.78, 5) is 3.05. The number of likely N-dealkylation sites (N-methyl/N-ethyl adjacent to an activating group) is 1. The van der Waals surface area contributed by atoms with Crippen LogP contribution in [-0.4, -0.2) is 57.6 Å². The average molecular weight is 301 g/mol. The molecule has 3 N–H and O–H groups in total. The summed E-state index contributed by atoms with van der Waals surface area (Å²) in [7, 11) is 2.22. The third-order valence-electron chi connectivity index (χ3n) is 3.91. The lowest BCUT2D eigenvalue weighted by Gasteiger charge is -2.28. The van der Waals surface area contributed by atoms with Gasteiger partial charge < -0.3 is 19.6 Å². The van der Waals surface area contributed by atoms with Crippen LogP contribution in [-0.2, 0) is 0 Å². The summed E-state index contributed by atoms with van der Waals surface area (Å²) in [5, 5.41) is 10.8. The summed E-state index contributed by atoms with van der Waals surface area (Å²) >= 11 is 5.97. The Balaban J connectivity index is 1.74. The number of nitrogens with one attached hydrogen (secondary N) is 2. The molecule has 5 heteroatoms. The van der Waals surface area contributed by atoms with Gasteiger partial charge in [0, 0.05) is 5.02 Å². The molecule has 1 atom stereocenters. The second-order valence-corrected chi connectivity index (χ2v) is 6.19. The van der Waals surface area contributed by atoms with Crippen LogP contribution in [0.1, 0.15) is 5.56 Å². The largest absolute Gasteiger partial charge is 0.491 e. The van der Waals surface area contributed by atoms with E-state index >= 15 is 0 Å². The number of benzene rings is 1. The molecule has 0 aromatic heterocycles. The lowest BCUT2D eigenvalue weighted by molar-refractivity contribution is -1.00. The van der Waals surface area contributed by atoms with Gasteiger partial charge in [0.2, 0.25) is 0 Å². The monoisotopic (exact) mass is 300 g/mol. The minimum absolute atomic E-state index is 0.341. The molecule has 0 radical (unpaired) electrons. The minimum atomic E-state index is -0.417. The van der Waals surface area contributed by atoms with Crippen LogP contribution in [0, 0.1) is 6.92 Å². The van der Waals surface area contributed by atoms with Crippen molar-refractivity contribution in [2.45, 2.75) is 13.0 Å². The summed E-state index contributed by atoms with van der Waals surface area (Å²) in [6.45, 7) is 7.67. The van der Waals surface area contributed by atoms with Crippen molar-refractivity contribution in [1.82, 2.24) is 0 Å². The Morgan fingerprint density at radius 1 is 1.30 bits per heavy atom. The Bertz CT molecular complexity index is 434. The van der Waals surface area contributed by atoms with Crippen LogP contribution in [0.4, 0.5) is 0 Å². The van der Waals surface area contributed by atoms with Gasteiger partial charge in [-0.05, 0) is 30.7 Å². The average Bonchev–Trinajstić information content (AvgIpc) is 2.43. The molecule has 1 aromatic carbocycles. The Hall–Kier alpha value is -0.810. The number of hydrogen-bond donors (Lipinski definition) is 3. The molecular formula is C15H25ClN2O2+2. The maximum absolute atomic E-state index is 10.1. The van der Waals surface area contributed by atoms with Crippen molar-refractivity contribution in [1.29, 1.82) is 0 Å². The van der Waals surface area contributed by atoms with E-state index in [1.165, 1.54) is 18.0 Å². The van der Waals surface area contributed by atoms with E-state index in [2.05, 4.69) is 7.05 Å². The maximum Gasteiger partial charge on any atom is 0.137 e. The van der Waals surface area contributed by atoms with Crippen LogP contribution >= 0.6 is 11.6 Å². The van der Waals surface area contributed by atoms with Gasteiger partial charge in [-0.25, -0.2) is 0 Å². The molecule has 0 saturated carbocycles. The zero-order valence-corrected chi connectivity index (χ0v) is 13.0. The van der Waals surface area contributed by atoms with Crippen molar-refractivity contribution in [3.63, 3.8) is 0 Å². The van der Waals surface area contributed by atoms with E-state index < -0.39 is 6.10 Å². The molecule has 1 heterocycles. The van der Waals surface area contributed by atoms with Crippen LogP contribution in [0.2, 0.25) is 5.02 Å². The smallest absolute Gasteiger partial charge is 0.137 e. The Morgan fingerprint density at radius 2 is 2.00 bits per heavy atom. The normalized spacial score (nSPS) is 24.4. The quantitative estimate of drug-likeness (QED) is 0.639. The van der Waals surface area contributed by atoms with E-state index in [4.69, 9.17) is 16.3 Å². The van der Waals surface area contributed by atoms with Gasteiger partial charge >= 0.3 is 0 Å². The zero-order chi connectivity index (χ0) is 14.5. The fourth-order valence-corrected chi connectivity index (χ4v) is 2.64. The second-order valence-electron chi connectivity index (χ2n) is 5.79. The van der Waals surface area contributed by atoms with E-state index in [1.54, 1.807) is 4.90 Å². The Morgan fingerprint density at radius 3 is 2.65 bits per heavy atom. The Kier molecular flexibility index (Phi) is 5.66. The first-order valence-corrected chi connectivity index (χ1v) is 7.64. The lowest BCUT2D eigenvalue weighted by Crippen LogP contribution is -3.27. The molecule has 1 aliphatic heterocycles. The van der Waals surface area contributed by atoms with Gasteiger partial charge in [-0.15, -0.1) is 0 Å². The van der Waals surface area contributed by atoms with Crippen molar-refractivity contribution in [3.8, 4) is 5.75 Å². The molecule has 0 bridgehead atoms. The van der Waals surface area contributed by atoms with Gasteiger partial charge in [-0.1, -0.05) is 11.6 Å². The highest BCUT2D eigenvalue weighted by atomic mass is 35.5. The molecule has 1 aromatic rings. The summed E-state index contributed by atoms with van der Waals surface area (Å²) in [5.41, 5.74) is 0.992. The van der Waals surface area contributed by atoms with E-state index in [0.717, 1.165) is 36.0 Å². The van der Waals surface area contributed by atoms with Crippen LogP contribution in [0.5, 0.6) is 5.75 Å². The van der Waals surface area contributed by atoms with E-state index in [1.807, 2.05) is 25.1 Å². The molecular weight excluding hydrogens is 276 g/mol. The molecule has 1 fully saturated rings. The number of hydrogen-bond acceptors (Lipinski definition) is 2. The van der Waals surface area contributed by atoms with Crippen LogP contribution in [0.3, 0.4) is 0 Å². The van der Waals surface area contributed by atoms with E-state index in [-0.39, 0.29) is 0 Å². The second kappa shape index (κ2) is 7.27. The zero-order valence-electron chi connectivity index (χ0n) is 12.3. The molecule has 2 rings (SSSR count). The number of aryl methyl sites for hydroxylation is 1. The number of piperazine rings is 1. The van der Waals surface area contributed by atoms with Crippen molar-refractivity contribution >= 4 is 11.6 Å². The van der Waals surface area contributed by atoms with Crippen molar-refractivity contribution in [3.05, 3.63) is 28.8 Å². The predicted octanol–water partition coefficient (Wildman–Crippen LogP) is -1.20. The molecule has 1 aliphatic rings. The number of rotatable bonds is 5. The first-order chi connectivity index (χ1) is 9.54. The standard InChI is InChI=1S/C15H23ClN2O2/c1-12-9-14(3-4-15(12)16)20-11-13(19)10-18-7-5-17(2)6-8-18/h3-4,9,13,19H,5-8,10-11H2,1-2H3/p+2/t13-/m0/s1. The number of aliphatic hydroxyl groups excluding tert-OH is 1. The number of quaternary nitrogens is 2. The third kappa shape index (κ3) is 4.63. The van der Waals surface area contributed by atoms with Gasteiger partial charge in [0.25, 0.3) is 0 Å². The molecule has 0 amide bonds. The number of aliphatic hydroxyl groups is 1.